The quantitative estimate of drug-likeness (QED) is 0.375. The monoisotopic (exact) mass is 350 g/mol. The first-order chi connectivity index (χ1) is 9.86. The number of hydrogen-bond donors (Lipinski definition) is 0. The molecule has 22 heavy (non-hydrogen) atoms. The fraction of sp³-hybridized carbons (Fsp3) is 0. The number of hydrogen-bond acceptors (Lipinski definition) is 6. The average Bonchev–Trinajstić information content (AvgIpc) is 2.38. The second-order valence-corrected chi connectivity index (χ2v) is 6.95. The summed E-state index contributed by atoms with van der Waals surface area (Å²) in [6.07, 6.45) is 0. The predicted molar refractivity (Wildman–Crippen MR) is 76.3 cm³/mol. The van der Waals surface area contributed by atoms with Crippen LogP contribution in [-0.4, -0.2) is 16.8 Å². The summed E-state index contributed by atoms with van der Waals surface area (Å²) in [5, 5.41) is 0.0278. The van der Waals surface area contributed by atoms with Crippen LogP contribution in [0.2, 0.25) is 0 Å². The van der Waals surface area contributed by atoms with Gasteiger partial charge in [-0.2, -0.15) is 0 Å². The molecule has 0 unspecified atom stereocenters. The van der Waals surface area contributed by atoms with Gasteiger partial charge in [0.1, 0.15) is 11.5 Å². The molecule has 0 bridgehead atoms. The van der Waals surface area contributed by atoms with E-state index in [0.717, 1.165) is 0 Å². The van der Waals surface area contributed by atoms with E-state index in [1.165, 1.54) is 24.3 Å². The van der Waals surface area contributed by atoms with Crippen LogP contribution in [0.1, 0.15) is 0 Å². The van der Waals surface area contributed by atoms with E-state index >= 15 is 0 Å². The Morgan fingerprint density at radius 2 is 0.955 bits per heavy atom. The Bertz CT molecular complexity index is 719. The van der Waals surface area contributed by atoms with Crippen LogP contribution in [0.4, 0.5) is 0 Å². The molecule has 2 rings (SSSR count). The Balaban J connectivity index is 0.00000242. The molecular formula is C13H11NaO6S2. The fourth-order valence-corrected chi connectivity index (χ4v) is 3.63. The van der Waals surface area contributed by atoms with E-state index < -0.39 is 20.2 Å². The molecular weight excluding hydrogens is 339 g/mol. The van der Waals surface area contributed by atoms with Crippen LogP contribution >= 0.6 is 0 Å². The van der Waals surface area contributed by atoms with Gasteiger partial charge in [-0.25, -0.2) is 16.8 Å². The maximum atomic E-state index is 11.7. The number of rotatable bonds is 6. The van der Waals surface area contributed by atoms with Gasteiger partial charge in [-0.1, -0.05) is 36.4 Å². The normalized spacial score (nSPS) is 11.3. The fourth-order valence-electron chi connectivity index (χ4n) is 1.40. The van der Waals surface area contributed by atoms with Crippen molar-refractivity contribution < 1.29 is 54.8 Å². The molecule has 2 aromatic carbocycles. The summed E-state index contributed by atoms with van der Waals surface area (Å²) in [5.74, 6) is 0.00678. The van der Waals surface area contributed by atoms with Crippen molar-refractivity contribution in [3.63, 3.8) is 0 Å². The van der Waals surface area contributed by atoms with Gasteiger partial charge in [-0.05, 0) is 29.4 Å². The molecule has 0 heterocycles. The zero-order valence-corrected chi connectivity index (χ0v) is 15.2. The topological polar surface area (TPSA) is 86.7 Å². The summed E-state index contributed by atoms with van der Waals surface area (Å²) in [4.78, 5) is 0. The Kier molecular flexibility index (Phi) is 6.89. The van der Waals surface area contributed by atoms with Gasteiger partial charge >= 0.3 is 29.6 Å². The molecule has 9 heteroatoms. The van der Waals surface area contributed by atoms with E-state index in [9.17, 15) is 16.8 Å². The van der Waals surface area contributed by atoms with Gasteiger partial charge in [-0.3, -0.25) is 0 Å². The van der Waals surface area contributed by atoms with Crippen molar-refractivity contribution in [3.8, 4) is 11.5 Å². The van der Waals surface area contributed by atoms with Crippen molar-refractivity contribution in [2.45, 2.75) is 0 Å². The first-order valence-corrected chi connectivity index (χ1v) is 8.64. The van der Waals surface area contributed by atoms with Gasteiger partial charge in [-0.15, -0.1) is 0 Å². The SMILES string of the molecule is O=S(=O)([CH-]S(=O)(=O)Oc1ccccc1)Oc1ccccc1.[Na+]. The van der Waals surface area contributed by atoms with Gasteiger partial charge in [0.15, 0.2) is 20.2 Å². The van der Waals surface area contributed by atoms with Crippen LogP contribution in [0.5, 0.6) is 11.5 Å². The molecule has 0 N–H and O–H groups in total. The van der Waals surface area contributed by atoms with Gasteiger partial charge in [0.25, 0.3) is 0 Å². The minimum atomic E-state index is -4.45. The van der Waals surface area contributed by atoms with Gasteiger partial charge in [0, 0.05) is 0 Å². The molecule has 0 amide bonds. The van der Waals surface area contributed by atoms with Crippen molar-refractivity contribution in [2.75, 3.05) is 0 Å². The molecule has 6 nitrogen and oxygen atoms in total. The van der Waals surface area contributed by atoms with Crippen molar-refractivity contribution in [1.29, 1.82) is 0 Å². The zero-order chi connectivity index (χ0) is 15.3. The molecule has 0 aliphatic heterocycles. The minimum Gasteiger partial charge on any atom is -0.404 e. The van der Waals surface area contributed by atoms with E-state index in [1.807, 2.05) is 0 Å². The largest absolute Gasteiger partial charge is 1.00 e. The summed E-state index contributed by atoms with van der Waals surface area (Å²) in [7, 11) is -8.90. The minimum absolute atomic E-state index is 0. The molecule has 0 fully saturated rings. The summed E-state index contributed by atoms with van der Waals surface area (Å²) in [5.41, 5.74) is 0. The van der Waals surface area contributed by atoms with Crippen molar-refractivity contribution in [2.24, 2.45) is 0 Å². The summed E-state index contributed by atoms with van der Waals surface area (Å²) < 4.78 is 55.9. The molecule has 0 aliphatic carbocycles. The Labute approximate surface area is 151 Å². The predicted octanol–water partition coefficient (Wildman–Crippen LogP) is -1.07. The molecule has 0 saturated carbocycles. The molecule has 2 aromatic rings. The third-order valence-corrected chi connectivity index (χ3v) is 4.88. The second kappa shape index (κ2) is 7.98. The van der Waals surface area contributed by atoms with Crippen molar-refractivity contribution >= 4 is 20.2 Å². The van der Waals surface area contributed by atoms with Crippen LogP contribution in [0, 0.1) is 5.08 Å². The first kappa shape index (κ1) is 19.0. The zero-order valence-electron chi connectivity index (χ0n) is 11.6. The summed E-state index contributed by atoms with van der Waals surface area (Å²) in [6.45, 7) is 0. The van der Waals surface area contributed by atoms with Crippen molar-refractivity contribution in [3.05, 3.63) is 65.7 Å². The summed E-state index contributed by atoms with van der Waals surface area (Å²) in [6, 6.07) is 15.1. The van der Waals surface area contributed by atoms with Crippen molar-refractivity contribution in [1.82, 2.24) is 0 Å². The van der Waals surface area contributed by atoms with E-state index in [-0.39, 0.29) is 46.1 Å². The van der Waals surface area contributed by atoms with E-state index in [2.05, 4.69) is 8.37 Å². The van der Waals surface area contributed by atoms with Gasteiger partial charge in [0.2, 0.25) is 0 Å². The Morgan fingerprint density at radius 3 is 1.27 bits per heavy atom. The maximum Gasteiger partial charge on any atom is 1.00 e. The molecule has 0 spiro atoms. The van der Waals surface area contributed by atoms with Gasteiger partial charge < -0.3 is 8.37 Å². The van der Waals surface area contributed by atoms with Crippen LogP contribution in [0.25, 0.3) is 0 Å². The molecule has 0 saturated heterocycles. The van der Waals surface area contributed by atoms with E-state index in [1.54, 1.807) is 36.4 Å². The third-order valence-electron chi connectivity index (χ3n) is 2.15. The third kappa shape index (κ3) is 6.37. The first-order valence-electron chi connectivity index (χ1n) is 5.70. The van der Waals surface area contributed by atoms with E-state index in [0.29, 0.717) is 0 Å². The molecule has 0 aliphatic rings. The van der Waals surface area contributed by atoms with Crippen LogP contribution in [0.3, 0.4) is 0 Å². The van der Waals surface area contributed by atoms with Gasteiger partial charge in [0.05, 0.1) is 0 Å². The van der Waals surface area contributed by atoms with Crippen LogP contribution in [-0.2, 0) is 20.2 Å². The second-order valence-electron chi connectivity index (χ2n) is 3.87. The standard InChI is InChI=1S/C13H11O6S2.Na/c14-20(15,18-12-7-3-1-4-8-12)11-21(16,17)19-13-9-5-2-6-10-13;/h1-11H;/q-1;+1. The van der Waals surface area contributed by atoms with Crippen LogP contribution < -0.4 is 37.9 Å². The summed E-state index contributed by atoms with van der Waals surface area (Å²) >= 11 is 0. The number of para-hydroxylation sites is 2. The maximum absolute atomic E-state index is 11.7. The Hall–Kier alpha value is -1.06. The molecule has 0 radical (unpaired) electrons. The molecule has 0 atom stereocenters. The van der Waals surface area contributed by atoms with Crippen LogP contribution in [0.15, 0.2) is 60.7 Å². The van der Waals surface area contributed by atoms with E-state index in [4.69, 9.17) is 0 Å². The smallest absolute Gasteiger partial charge is 0.404 e. The average molecular weight is 350 g/mol. The molecule has 0 aromatic heterocycles. The number of benzene rings is 2. The molecule has 112 valence electrons. The Morgan fingerprint density at radius 1 is 0.636 bits per heavy atom.